The van der Waals surface area contributed by atoms with Crippen LogP contribution in [0.2, 0.25) is 0 Å². The smallest absolute Gasteiger partial charge is 0.341 e. The molecule has 2 fully saturated rings. The third kappa shape index (κ3) is 5.98. The first-order chi connectivity index (χ1) is 17.5. The predicted octanol–water partition coefficient (Wildman–Crippen LogP) is 4.58. The van der Waals surface area contributed by atoms with Crippen molar-refractivity contribution in [1.82, 2.24) is 20.1 Å². The van der Waals surface area contributed by atoms with Gasteiger partial charge >= 0.3 is 6.18 Å². The van der Waals surface area contributed by atoms with E-state index in [-0.39, 0.29) is 22.9 Å². The van der Waals surface area contributed by atoms with E-state index in [1.807, 2.05) is 19.9 Å². The quantitative estimate of drug-likeness (QED) is 0.632. The fourth-order valence-electron chi connectivity index (χ4n) is 5.76. The van der Waals surface area contributed by atoms with E-state index in [9.17, 15) is 22.8 Å². The van der Waals surface area contributed by atoms with E-state index in [4.69, 9.17) is 0 Å². The van der Waals surface area contributed by atoms with E-state index < -0.39 is 23.7 Å². The lowest BCUT2D eigenvalue weighted by Gasteiger charge is -2.52. The highest BCUT2D eigenvalue weighted by Gasteiger charge is 2.46. The lowest BCUT2D eigenvalue weighted by molar-refractivity contribution is -0.138. The van der Waals surface area contributed by atoms with E-state index in [1.165, 1.54) is 5.56 Å². The monoisotopic (exact) mass is 516 g/mol. The average molecular weight is 517 g/mol. The number of alkyl halides is 3. The Bertz CT molecular complexity index is 1100. The topological polar surface area (TPSA) is 65.5 Å². The van der Waals surface area contributed by atoms with Crippen LogP contribution in [0.5, 0.6) is 0 Å². The maximum atomic E-state index is 13.5. The number of hydrogen-bond donors (Lipinski definition) is 1. The number of hydrogen-bond acceptors (Lipinski definition) is 4. The van der Waals surface area contributed by atoms with Crippen LogP contribution in [0.15, 0.2) is 48.7 Å². The Morgan fingerprint density at radius 2 is 1.70 bits per heavy atom. The van der Waals surface area contributed by atoms with E-state index in [2.05, 4.69) is 46.5 Å². The summed E-state index contributed by atoms with van der Waals surface area (Å²) in [6, 6.07) is 11.2. The highest BCUT2D eigenvalue weighted by Crippen LogP contribution is 2.49. The average Bonchev–Trinajstić information content (AvgIpc) is 2.88. The van der Waals surface area contributed by atoms with E-state index in [1.54, 1.807) is 4.90 Å². The molecule has 2 saturated heterocycles. The fraction of sp³-hybridized carbons (Fsp3) is 0.536. The molecule has 2 aliphatic heterocycles. The third-order valence-electron chi connectivity index (χ3n) is 8.04. The van der Waals surface area contributed by atoms with Crippen molar-refractivity contribution >= 4 is 11.8 Å². The van der Waals surface area contributed by atoms with Crippen molar-refractivity contribution < 1.29 is 22.8 Å². The molecule has 2 atom stereocenters. The highest BCUT2D eigenvalue weighted by atomic mass is 19.4. The molecule has 0 saturated carbocycles. The van der Waals surface area contributed by atoms with Gasteiger partial charge in [0.05, 0.1) is 5.56 Å². The molecule has 2 amide bonds. The van der Waals surface area contributed by atoms with Crippen LogP contribution in [0.3, 0.4) is 0 Å². The maximum absolute atomic E-state index is 13.5. The molecule has 3 heterocycles. The molecule has 1 N–H and O–H groups in total. The molecule has 200 valence electrons. The number of nitrogens with zero attached hydrogens (tertiary/aromatic N) is 3. The lowest BCUT2D eigenvalue weighted by Crippen LogP contribution is -2.56. The second kappa shape index (κ2) is 10.8. The first kappa shape index (κ1) is 27.1. The normalized spacial score (nSPS) is 21.2. The number of likely N-dealkylation sites (N-methyl/N-ethyl adjacent to an activating group) is 1. The Morgan fingerprint density at radius 1 is 1.05 bits per heavy atom. The van der Waals surface area contributed by atoms with Crippen molar-refractivity contribution in [1.29, 1.82) is 0 Å². The Kier molecular flexibility index (Phi) is 7.92. The largest absolute Gasteiger partial charge is 0.416 e. The van der Waals surface area contributed by atoms with Gasteiger partial charge < -0.3 is 15.1 Å². The summed E-state index contributed by atoms with van der Waals surface area (Å²) in [5, 5.41) is 2.65. The molecule has 1 aromatic carbocycles. The minimum absolute atomic E-state index is 0.114. The summed E-state index contributed by atoms with van der Waals surface area (Å²) in [4.78, 5) is 34.3. The van der Waals surface area contributed by atoms with Crippen LogP contribution in [0.1, 0.15) is 60.6 Å². The zero-order valence-electron chi connectivity index (χ0n) is 21.6. The van der Waals surface area contributed by atoms with Crippen LogP contribution in [0.4, 0.5) is 13.2 Å². The van der Waals surface area contributed by atoms with Gasteiger partial charge in [-0.05, 0) is 61.9 Å². The molecule has 9 heteroatoms. The molecule has 1 aromatic heterocycles. The van der Waals surface area contributed by atoms with E-state index >= 15 is 0 Å². The Morgan fingerprint density at radius 3 is 2.32 bits per heavy atom. The second-order valence-electron chi connectivity index (χ2n) is 10.8. The number of carbonyl (C=O) groups excluding carboxylic acids is 2. The van der Waals surface area contributed by atoms with Crippen LogP contribution in [0.25, 0.3) is 0 Å². The van der Waals surface area contributed by atoms with Crippen LogP contribution in [0, 0.1) is 11.3 Å². The van der Waals surface area contributed by atoms with Gasteiger partial charge in [0.2, 0.25) is 5.91 Å². The number of aromatic nitrogens is 1. The van der Waals surface area contributed by atoms with Gasteiger partial charge in [0.25, 0.3) is 5.91 Å². The summed E-state index contributed by atoms with van der Waals surface area (Å²) in [6.07, 6.45) is -0.809. The summed E-state index contributed by atoms with van der Waals surface area (Å²) < 4.78 is 39.2. The van der Waals surface area contributed by atoms with Crippen LogP contribution < -0.4 is 5.32 Å². The number of amides is 2. The second-order valence-corrected chi connectivity index (χ2v) is 10.8. The van der Waals surface area contributed by atoms with Crippen molar-refractivity contribution in [2.45, 2.75) is 51.2 Å². The van der Waals surface area contributed by atoms with Crippen LogP contribution in [-0.2, 0) is 11.0 Å². The molecule has 2 aliphatic rings. The number of nitrogens with one attached hydrogen (secondary N) is 1. The Labute approximate surface area is 216 Å². The fourth-order valence-corrected chi connectivity index (χ4v) is 5.76. The van der Waals surface area contributed by atoms with Crippen molar-refractivity contribution in [2.75, 3.05) is 33.2 Å². The summed E-state index contributed by atoms with van der Waals surface area (Å²) >= 11 is 0. The van der Waals surface area contributed by atoms with Crippen molar-refractivity contribution in [3.8, 4) is 0 Å². The van der Waals surface area contributed by atoms with Crippen LogP contribution >= 0.6 is 0 Å². The van der Waals surface area contributed by atoms with Gasteiger partial charge in [-0.3, -0.25) is 14.6 Å². The SMILES string of the molecule is CC(C)[C@@H](NC(=O)c1cc(C(F)(F)F)ccn1)C(=O)N1CCC2(CCN(C)CC2c2ccccc2)CC1. The van der Waals surface area contributed by atoms with Crippen molar-refractivity contribution in [3.63, 3.8) is 0 Å². The minimum atomic E-state index is -4.58. The number of piperidine rings is 2. The molecule has 37 heavy (non-hydrogen) atoms. The molecule has 0 aliphatic carbocycles. The maximum Gasteiger partial charge on any atom is 0.416 e. The number of likely N-dealkylation sites (tertiary alicyclic amines) is 2. The molecule has 1 spiro atoms. The molecule has 0 bridgehead atoms. The van der Waals surface area contributed by atoms with Gasteiger partial charge in [0.15, 0.2) is 0 Å². The van der Waals surface area contributed by atoms with Gasteiger partial charge in [-0.25, -0.2) is 0 Å². The first-order valence-electron chi connectivity index (χ1n) is 12.9. The Balaban J connectivity index is 1.45. The number of rotatable bonds is 5. The Hall–Kier alpha value is -2.94. The van der Waals surface area contributed by atoms with Crippen molar-refractivity contribution in [3.05, 3.63) is 65.5 Å². The summed E-state index contributed by atoms with van der Waals surface area (Å²) in [7, 11) is 2.15. The minimum Gasteiger partial charge on any atom is -0.341 e. The molecule has 0 radical (unpaired) electrons. The molecule has 4 rings (SSSR count). The van der Waals surface area contributed by atoms with Gasteiger partial charge in [0.1, 0.15) is 11.7 Å². The van der Waals surface area contributed by atoms with E-state index in [0.29, 0.717) is 25.1 Å². The molecular weight excluding hydrogens is 481 g/mol. The number of benzene rings is 1. The third-order valence-corrected chi connectivity index (χ3v) is 8.04. The number of pyridine rings is 1. The number of halogens is 3. The summed E-state index contributed by atoms with van der Waals surface area (Å²) in [6.45, 7) is 6.81. The molecular formula is C28H35F3N4O2. The lowest BCUT2D eigenvalue weighted by atomic mass is 9.62. The predicted molar refractivity (Wildman–Crippen MR) is 135 cm³/mol. The van der Waals surface area contributed by atoms with Crippen LogP contribution in [-0.4, -0.2) is 65.9 Å². The first-order valence-corrected chi connectivity index (χ1v) is 12.9. The molecule has 6 nitrogen and oxygen atoms in total. The van der Waals surface area contributed by atoms with Gasteiger partial charge in [-0.2, -0.15) is 13.2 Å². The summed E-state index contributed by atoms with van der Waals surface area (Å²) in [5.74, 6) is -0.837. The zero-order valence-corrected chi connectivity index (χ0v) is 21.6. The standard InChI is InChI=1S/C28H35F3N4O2/c1-19(2)24(33-25(36)23-17-21(9-13-32-23)28(29,30)31)26(37)35-15-11-27(12-16-35)10-14-34(3)18-22(27)20-7-5-4-6-8-20/h4-9,13,17,19,22,24H,10-12,14-16,18H2,1-3H3,(H,33,36)/t22?,24-/m1/s1. The van der Waals surface area contributed by atoms with Gasteiger partial charge in [0, 0.05) is 31.7 Å². The zero-order chi connectivity index (χ0) is 26.8. The van der Waals surface area contributed by atoms with E-state index in [0.717, 1.165) is 44.6 Å². The number of carbonyl (C=O) groups is 2. The molecule has 1 unspecified atom stereocenters. The molecule has 2 aromatic rings. The van der Waals surface area contributed by atoms with Crippen molar-refractivity contribution in [2.24, 2.45) is 11.3 Å². The van der Waals surface area contributed by atoms with Gasteiger partial charge in [-0.15, -0.1) is 0 Å². The summed E-state index contributed by atoms with van der Waals surface area (Å²) in [5.41, 5.74) is 0.133. The highest BCUT2D eigenvalue weighted by molar-refractivity contribution is 5.96. The van der Waals surface area contributed by atoms with Gasteiger partial charge in [-0.1, -0.05) is 44.2 Å².